The van der Waals surface area contributed by atoms with Crippen LogP contribution in [0.3, 0.4) is 0 Å². The van der Waals surface area contributed by atoms with Crippen LogP contribution >= 0.6 is 0 Å². The molecule has 7 heteroatoms. The van der Waals surface area contributed by atoms with Gasteiger partial charge in [-0.1, -0.05) is 77.9 Å². The minimum atomic E-state index is -1.55. The molecule has 0 saturated heterocycles. The molecule has 0 atom stereocenters. The second-order valence-electron chi connectivity index (χ2n) is 8.91. The topological polar surface area (TPSA) is 99.1 Å². The van der Waals surface area contributed by atoms with Crippen LogP contribution in [0.25, 0.3) is 0 Å². The number of aliphatic hydroxyl groups is 2. The van der Waals surface area contributed by atoms with Crippen molar-refractivity contribution < 1.29 is 24.5 Å². The predicted octanol–water partition coefficient (Wildman–Crippen LogP) is 3.26. The number of methoxy groups -OCH3 is 1. The summed E-state index contributed by atoms with van der Waals surface area (Å²) in [4.78, 5) is 27.0. The van der Waals surface area contributed by atoms with E-state index in [0.717, 1.165) is 11.1 Å². The van der Waals surface area contributed by atoms with Crippen molar-refractivity contribution in [2.45, 2.75) is 19.4 Å². The summed E-state index contributed by atoms with van der Waals surface area (Å²) in [5, 5.41) is 24.9. The summed E-state index contributed by atoms with van der Waals surface area (Å²) in [6.45, 7) is 3.84. The van der Waals surface area contributed by atoms with Gasteiger partial charge in [-0.2, -0.15) is 0 Å². The molecule has 0 aromatic heterocycles. The maximum atomic E-state index is 13.1. The van der Waals surface area contributed by atoms with Gasteiger partial charge in [0, 0.05) is 17.8 Å². The molecule has 4 rings (SSSR count). The number of aliphatic hydroxyl groups excluding tert-OH is 1. The Morgan fingerprint density at radius 2 is 1.53 bits per heavy atom. The Balaban J connectivity index is 1.87. The summed E-state index contributed by atoms with van der Waals surface area (Å²) in [6.07, 6.45) is 0. The summed E-state index contributed by atoms with van der Waals surface area (Å²) < 4.78 is 4.91. The van der Waals surface area contributed by atoms with Crippen LogP contribution < -0.4 is 5.32 Å². The van der Waals surface area contributed by atoms with E-state index in [0.29, 0.717) is 22.4 Å². The third-order valence-electron chi connectivity index (χ3n) is 6.47. The molecule has 1 aliphatic rings. The summed E-state index contributed by atoms with van der Waals surface area (Å²) in [7, 11) is 1.26. The van der Waals surface area contributed by atoms with Crippen LogP contribution in [0.4, 0.5) is 5.69 Å². The first-order valence-corrected chi connectivity index (χ1v) is 11.7. The van der Waals surface area contributed by atoms with E-state index in [9.17, 15) is 19.8 Å². The van der Waals surface area contributed by atoms with Crippen molar-refractivity contribution in [2.75, 3.05) is 32.1 Å². The van der Waals surface area contributed by atoms with Crippen molar-refractivity contribution in [3.05, 3.63) is 112 Å². The third-order valence-corrected chi connectivity index (χ3v) is 6.47. The van der Waals surface area contributed by atoms with E-state index in [1.807, 2.05) is 68.4 Å². The molecule has 7 nitrogen and oxygen atoms in total. The number of carbonyl (C=O) groups is 2. The van der Waals surface area contributed by atoms with E-state index >= 15 is 0 Å². The summed E-state index contributed by atoms with van der Waals surface area (Å²) >= 11 is 0. The van der Waals surface area contributed by atoms with E-state index in [2.05, 4.69) is 5.32 Å². The smallest absolute Gasteiger partial charge is 0.337 e. The lowest BCUT2D eigenvalue weighted by atomic mass is 9.79. The molecule has 0 fully saturated rings. The van der Waals surface area contributed by atoms with Crippen molar-refractivity contribution in [1.82, 2.24) is 4.90 Å². The Hall–Kier alpha value is -3.94. The molecule has 3 aromatic carbocycles. The molecule has 1 aliphatic heterocycles. The fourth-order valence-electron chi connectivity index (χ4n) is 4.46. The molecule has 0 radical (unpaired) electrons. The molecule has 0 aliphatic carbocycles. The van der Waals surface area contributed by atoms with E-state index in [-0.39, 0.29) is 31.0 Å². The normalized spacial score (nSPS) is 13.8. The number of esters is 1. The van der Waals surface area contributed by atoms with Gasteiger partial charge in [-0.05, 0) is 31.0 Å². The van der Waals surface area contributed by atoms with E-state index in [1.165, 1.54) is 12.0 Å². The molecule has 36 heavy (non-hydrogen) atoms. The molecule has 0 saturated carbocycles. The van der Waals surface area contributed by atoms with Crippen molar-refractivity contribution in [3.63, 3.8) is 0 Å². The number of hydrogen-bond donors (Lipinski definition) is 3. The van der Waals surface area contributed by atoms with Crippen molar-refractivity contribution in [1.29, 1.82) is 0 Å². The molecule has 1 amide bonds. The van der Waals surface area contributed by atoms with Crippen molar-refractivity contribution in [3.8, 4) is 0 Å². The number of β-amino-alcohol motifs (C(OH)–C–C–N with tert-alkyl or cyclic N) is 1. The second kappa shape index (κ2) is 10.4. The molecule has 0 spiro atoms. The van der Waals surface area contributed by atoms with E-state index in [1.54, 1.807) is 18.2 Å². The zero-order valence-corrected chi connectivity index (χ0v) is 20.6. The Morgan fingerprint density at radius 3 is 2.06 bits per heavy atom. The Labute approximate surface area is 210 Å². The number of amides is 1. The van der Waals surface area contributed by atoms with E-state index < -0.39 is 17.5 Å². The fraction of sp³-hybridized carbons (Fsp3) is 0.241. The summed E-state index contributed by atoms with van der Waals surface area (Å²) in [6, 6.07) is 22.5. The molecule has 1 heterocycles. The van der Waals surface area contributed by atoms with Crippen LogP contribution in [-0.4, -0.2) is 53.8 Å². The lowest BCUT2D eigenvalue weighted by Gasteiger charge is -2.32. The lowest BCUT2D eigenvalue weighted by molar-refractivity contribution is -0.136. The average Bonchev–Trinajstić information content (AvgIpc) is 3.19. The van der Waals surface area contributed by atoms with Crippen LogP contribution in [0.5, 0.6) is 0 Å². The monoisotopic (exact) mass is 486 g/mol. The highest BCUT2D eigenvalue weighted by Crippen LogP contribution is 2.41. The van der Waals surface area contributed by atoms with Gasteiger partial charge < -0.3 is 25.2 Å². The van der Waals surface area contributed by atoms with Crippen LogP contribution in [0.2, 0.25) is 0 Å². The fourth-order valence-corrected chi connectivity index (χ4v) is 4.46. The first-order valence-electron chi connectivity index (χ1n) is 11.7. The predicted molar refractivity (Wildman–Crippen MR) is 137 cm³/mol. The molecule has 3 aromatic rings. The van der Waals surface area contributed by atoms with E-state index in [4.69, 9.17) is 4.74 Å². The number of anilines is 1. The maximum Gasteiger partial charge on any atom is 0.337 e. The summed E-state index contributed by atoms with van der Waals surface area (Å²) in [5.74, 6) is -1.05. The van der Waals surface area contributed by atoms with Gasteiger partial charge in [0.2, 0.25) is 0 Å². The first-order chi connectivity index (χ1) is 17.3. The highest BCUT2D eigenvalue weighted by molar-refractivity contribution is 6.08. The Bertz CT molecular complexity index is 1250. The van der Waals surface area contributed by atoms with Gasteiger partial charge in [0.05, 0.1) is 25.8 Å². The number of carbonyl (C=O) groups excluding carboxylic acids is 2. The summed E-state index contributed by atoms with van der Waals surface area (Å²) in [5.41, 5.74) is 3.11. The van der Waals surface area contributed by atoms with Gasteiger partial charge in [-0.15, -0.1) is 0 Å². The SMILES string of the molecule is COC(=O)C1=C(Nc2ccccc2C(O)(c2ccc(C)cc2)c2ccc(C)cc2)C(=O)N(CCO)C1. The number of nitrogens with one attached hydrogen (secondary N) is 1. The van der Waals surface area contributed by atoms with Crippen LogP contribution in [-0.2, 0) is 19.9 Å². The first kappa shape index (κ1) is 25.2. The number of aryl methyl sites for hydroxylation is 2. The van der Waals surface area contributed by atoms with Gasteiger partial charge in [0.15, 0.2) is 0 Å². The molecular weight excluding hydrogens is 456 g/mol. The zero-order valence-electron chi connectivity index (χ0n) is 20.6. The number of rotatable bonds is 8. The van der Waals surface area contributed by atoms with Crippen LogP contribution in [0, 0.1) is 13.8 Å². The van der Waals surface area contributed by atoms with Gasteiger partial charge in [0.1, 0.15) is 11.3 Å². The highest BCUT2D eigenvalue weighted by Gasteiger charge is 2.38. The Morgan fingerprint density at radius 1 is 0.972 bits per heavy atom. The number of nitrogens with zero attached hydrogens (tertiary/aromatic N) is 1. The molecule has 3 N–H and O–H groups in total. The minimum absolute atomic E-state index is 0.0246. The van der Waals surface area contributed by atoms with Gasteiger partial charge in [-0.25, -0.2) is 4.79 Å². The van der Waals surface area contributed by atoms with Crippen LogP contribution in [0.15, 0.2) is 84.1 Å². The van der Waals surface area contributed by atoms with Crippen molar-refractivity contribution >= 4 is 17.6 Å². The zero-order chi connectivity index (χ0) is 25.9. The lowest BCUT2D eigenvalue weighted by Crippen LogP contribution is -2.32. The number of hydrogen-bond acceptors (Lipinski definition) is 6. The quantitative estimate of drug-likeness (QED) is 0.334. The van der Waals surface area contributed by atoms with Gasteiger partial charge >= 0.3 is 5.97 Å². The molecule has 0 unspecified atom stereocenters. The highest BCUT2D eigenvalue weighted by atomic mass is 16.5. The average molecular weight is 487 g/mol. The second-order valence-corrected chi connectivity index (χ2v) is 8.91. The number of para-hydroxylation sites is 1. The van der Waals surface area contributed by atoms with Gasteiger partial charge in [-0.3, -0.25) is 4.79 Å². The number of benzene rings is 3. The minimum Gasteiger partial charge on any atom is -0.466 e. The van der Waals surface area contributed by atoms with Crippen molar-refractivity contribution in [2.24, 2.45) is 0 Å². The van der Waals surface area contributed by atoms with Gasteiger partial charge in [0.25, 0.3) is 5.91 Å². The molecular formula is C29H30N2O5. The number of ether oxygens (including phenoxy) is 1. The standard InChI is InChI=1S/C29H30N2O5/c1-19-8-12-21(13-9-19)29(35,22-14-10-20(2)11-15-22)24-6-4-5-7-25(24)30-26-23(28(34)36-3)18-31(16-17-32)27(26)33/h4-15,30,32,35H,16-18H2,1-3H3. The largest absolute Gasteiger partial charge is 0.466 e. The molecule has 0 bridgehead atoms. The Kier molecular flexibility index (Phi) is 7.24. The maximum absolute atomic E-state index is 13.1. The van der Waals surface area contributed by atoms with Crippen LogP contribution in [0.1, 0.15) is 27.8 Å². The third kappa shape index (κ3) is 4.63. The molecule has 186 valence electrons.